The summed E-state index contributed by atoms with van der Waals surface area (Å²) in [6.07, 6.45) is 3.59. The maximum absolute atomic E-state index is 13.5. The Labute approximate surface area is 350 Å². The highest BCUT2D eigenvalue weighted by Gasteiger charge is 2.34. The predicted octanol–water partition coefficient (Wildman–Crippen LogP) is 9.90. The number of anilines is 4. The van der Waals surface area contributed by atoms with E-state index in [2.05, 4.69) is 44.5 Å². The van der Waals surface area contributed by atoms with Crippen LogP contribution in [0.2, 0.25) is 10.0 Å². The van der Waals surface area contributed by atoms with E-state index in [9.17, 15) is 9.59 Å². The van der Waals surface area contributed by atoms with Gasteiger partial charge in [-0.1, -0.05) is 132 Å². The fraction of sp³-hybridized carbons (Fsp3) is 0.190. The van der Waals surface area contributed by atoms with E-state index in [1.807, 2.05) is 98.0 Å². The molecule has 15 heteroatoms. The smallest absolute Gasteiger partial charge is 0.308 e. The Morgan fingerprint density at radius 1 is 0.667 bits per heavy atom. The van der Waals surface area contributed by atoms with E-state index in [4.69, 9.17) is 28.2 Å². The number of nitrogens with zero attached hydrogens (tertiary/aromatic N) is 8. The van der Waals surface area contributed by atoms with Crippen LogP contribution in [0.5, 0.6) is 0 Å². The van der Waals surface area contributed by atoms with Gasteiger partial charge < -0.3 is 4.90 Å². The lowest BCUT2D eigenvalue weighted by molar-refractivity contribution is 0.248. The second-order valence-electron chi connectivity index (χ2n) is 13.3. The molecule has 0 saturated heterocycles. The summed E-state index contributed by atoms with van der Waals surface area (Å²) in [5, 5.41) is 5.21. The molecule has 4 aromatic carbocycles. The Morgan fingerprint density at radius 3 is 1.75 bits per heavy atom. The van der Waals surface area contributed by atoms with E-state index < -0.39 is 0 Å². The monoisotopic (exact) mass is 835 g/mol. The first kappa shape index (κ1) is 40.0. The zero-order valence-electron chi connectivity index (χ0n) is 31.3. The van der Waals surface area contributed by atoms with Gasteiger partial charge in [-0.3, -0.25) is 20.0 Å². The lowest BCUT2D eigenvalue weighted by Gasteiger charge is -2.36. The number of nitrogens with one attached hydrogen (secondary N) is 1. The van der Waals surface area contributed by atoms with Gasteiger partial charge in [0.1, 0.15) is 11.6 Å². The number of rotatable bonds is 11. The predicted molar refractivity (Wildman–Crippen MR) is 232 cm³/mol. The molecule has 2 aliphatic rings. The highest BCUT2D eigenvalue weighted by molar-refractivity contribution is 7.98. The van der Waals surface area contributed by atoms with Gasteiger partial charge in [-0.05, 0) is 49.5 Å². The van der Waals surface area contributed by atoms with Gasteiger partial charge in [0.15, 0.2) is 10.3 Å². The highest BCUT2D eigenvalue weighted by atomic mass is 35.5. The van der Waals surface area contributed by atoms with Crippen molar-refractivity contribution in [2.75, 3.05) is 47.2 Å². The second kappa shape index (κ2) is 18.8. The number of carbonyl (C=O) groups is 2. The van der Waals surface area contributed by atoms with Crippen molar-refractivity contribution in [3.63, 3.8) is 0 Å². The number of benzene rings is 4. The Hall–Kier alpha value is -5.18. The molecule has 0 radical (unpaired) electrons. The molecule has 0 spiro atoms. The molecule has 11 nitrogen and oxygen atoms in total. The second-order valence-corrected chi connectivity index (χ2v) is 16.0. The first-order chi connectivity index (χ1) is 27.7. The van der Waals surface area contributed by atoms with Crippen LogP contribution in [-0.2, 0) is 24.6 Å². The number of halogens is 2. The van der Waals surface area contributed by atoms with Crippen molar-refractivity contribution in [1.82, 2.24) is 24.8 Å². The number of aromatic nitrogens is 4. The maximum atomic E-state index is 13.5. The number of para-hydroxylation sites is 2. The molecule has 2 aromatic heterocycles. The van der Waals surface area contributed by atoms with Gasteiger partial charge in [0, 0.05) is 48.1 Å². The average Bonchev–Trinajstić information content (AvgIpc) is 3.23. The molecule has 290 valence electrons. The van der Waals surface area contributed by atoms with Crippen molar-refractivity contribution >= 4 is 81.8 Å². The lowest BCUT2D eigenvalue weighted by atomic mass is 10.2. The lowest BCUT2D eigenvalue weighted by Crippen LogP contribution is -2.50. The number of carbonyl (C=O) groups excluding carboxylic acids is 2. The normalized spacial score (nSPS) is 13.5. The summed E-state index contributed by atoms with van der Waals surface area (Å²) in [6.45, 7) is 2.02. The van der Waals surface area contributed by atoms with Crippen LogP contribution in [0.15, 0.2) is 132 Å². The van der Waals surface area contributed by atoms with Crippen molar-refractivity contribution in [2.45, 2.75) is 34.9 Å². The third kappa shape index (κ3) is 10.0. The molecular weight excluding hydrogens is 798 g/mol. The summed E-state index contributed by atoms with van der Waals surface area (Å²) in [4.78, 5) is 51.2. The highest BCUT2D eigenvalue weighted by Crippen LogP contribution is 2.35. The molecule has 6 aromatic rings. The summed E-state index contributed by atoms with van der Waals surface area (Å²) < 4.78 is 0. The summed E-state index contributed by atoms with van der Waals surface area (Å²) in [5.74, 6) is 2.79. The SMILES string of the molecule is CN(C)CCN1C(=O)N(c2ccccc2Cl)Cc2cnc(SCc3ccccc3)nc21.O=C1Nc2nc(SCc3ccccc3)ncc2CN1c1ccccc1Cl. The molecule has 4 heterocycles. The Bertz CT molecular complexity index is 2340. The van der Waals surface area contributed by atoms with Crippen molar-refractivity contribution in [2.24, 2.45) is 0 Å². The van der Waals surface area contributed by atoms with Crippen LogP contribution in [-0.4, -0.2) is 64.1 Å². The number of amides is 4. The van der Waals surface area contributed by atoms with Crippen LogP contribution in [0.4, 0.5) is 32.6 Å². The minimum atomic E-state index is -0.247. The molecule has 8 rings (SSSR count). The fourth-order valence-electron chi connectivity index (χ4n) is 6.04. The van der Waals surface area contributed by atoms with Crippen LogP contribution in [0.25, 0.3) is 0 Å². The first-order valence-electron chi connectivity index (χ1n) is 18.1. The maximum Gasteiger partial charge on any atom is 0.330 e. The van der Waals surface area contributed by atoms with Gasteiger partial charge in [0.2, 0.25) is 0 Å². The molecule has 57 heavy (non-hydrogen) atoms. The van der Waals surface area contributed by atoms with E-state index in [0.29, 0.717) is 63.0 Å². The van der Waals surface area contributed by atoms with E-state index in [1.54, 1.807) is 44.8 Å². The van der Waals surface area contributed by atoms with Crippen molar-refractivity contribution in [3.8, 4) is 0 Å². The third-order valence-electron chi connectivity index (χ3n) is 8.99. The van der Waals surface area contributed by atoms with Crippen LogP contribution in [0.3, 0.4) is 0 Å². The molecule has 1 N–H and O–H groups in total. The minimum Gasteiger partial charge on any atom is -0.308 e. The molecule has 2 aliphatic heterocycles. The third-order valence-corrected chi connectivity index (χ3v) is 11.5. The van der Waals surface area contributed by atoms with Gasteiger partial charge in [-0.25, -0.2) is 29.5 Å². The summed E-state index contributed by atoms with van der Waals surface area (Å²) in [7, 11) is 3.98. The van der Waals surface area contributed by atoms with Gasteiger partial charge in [0.25, 0.3) is 0 Å². The quantitative estimate of drug-likeness (QED) is 0.101. The standard InChI is InChI=1S/C23H24ClN5OS.C19H15ClN4OS/c1-27(2)12-13-28-21-18(15-29(23(28)30)20-11-7-6-10-19(20)24)14-25-22(26-21)31-16-17-8-4-3-5-9-17;20-15-8-4-5-9-16(15)24-11-14-10-21-18(22-17(14)23-19(24)25)26-12-13-6-2-1-3-7-13/h3-11,14H,12-13,15-16H2,1-2H3;1-10H,11-12H2,(H,21,22,23,25). The molecule has 0 unspecified atom stereocenters. The number of urea groups is 2. The molecule has 0 saturated carbocycles. The van der Waals surface area contributed by atoms with E-state index >= 15 is 0 Å². The molecule has 0 aliphatic carbocycles. The number of hydrogen-bond donors (Lipinski definition) is 1. The number of hydrogen-bond acceptors (Lipinski definition) is 9. The van der Waals surface area contributed by atoms with Gasteiger partial charge >= 0.3 is 12.1 Å². The van der Waals surface area contributed by atoms with Crippen molar-refractivity contribution < 1.29 is 9.59 Å². The van der Waals surface area contributed by atoms with Gasteiger partial charge in [-0.2, -0.15) is 0 Å². The molecule has 4 amide bonds. The molecule has 0 fully saturated rings. The van der Waals surface area contributed by atoms with Gasteiger partial charge in [0.05, 0.1) is 34.5 Å². The number of thioether (sulfide) groups is 2. The van der Waals surface area contributed by atoms with Crippen molar-refractivity contribution in [3.05, 3.63) is 154 Å². The fourth-order valence-corrected chi connectivity index (χ4v) is 8.05. The summed E-state index contributed by atoms with van der Waals surface area (Å²) in [6, 6.07) is 34.6. The van der Waals surface area contributed by atoms with Crippen LogP contribution < -0.4 is 20.0 Å². The number of fused-ring (bicyclic) bond motifs is 2. The molecule has 0 bridgehead atoms. The number of likely N-dealkylation sites (N-methyl/N-ethyl adjacent to an activating group) is 1. The van der Waals surface area contributed by atoms with E-state index in [1.165, 1.54) is 22.9 Å². The topological polar surface area (TPSA) is 111 Å². The Kier molecular flexibility index (Phi) is 13.2. The first-order valence-corrected chi connectivity index (χ1v) is 20.8. The summed E-state index contributed by atoms with van der Waals surface area (Å²) in [5.41, 5.74) is 5.53. The largest absolute Gasteiger partial charge is 0.330 e. The van der Waals surface area contributed by atoms with Gasteiger partial charge in [-0.15, -0.1) is 0 Å². The average molecular weight is 837 g/mol. The molecular formula is C42H39Cl2N9O2S2. The minimum absolute atomic E-state index is 0.125. The van der Waals surface area contributed by atoms with Crippen molar-refractivity contribution in [1.29, 1.82) is 0 Å². The van der Waals surface area contributed by atoms with Crippen LogP contribution in [0, 0.1) is 0 Å². The zero-order chi connectivity index (χ0) is 39.7. The van der Waals surface area contributed by atoms with Crippen LogP contribution in [0.1, 0.15) is 22.3 Å². The Morgan fingerprint density at radius 2 is 1.18 bits per heavy atom. The van der Waals surface area contributed by atoms with E-state index in [-0.39, 0.29) is 12.1 Å². The molecule has 0 atom stereocenters. The zero-order valence-corrected chi connectivity index (χ0v) is 34.4. The van der Waals surface area contributed by atoms with E-state index in [0.717, 1.165) is 29.2 Å². The summed E-state index contributed by atoms with van der Waals surface area (Å²) >= 11 is 15.7. The van der Waals surface area contributed by atoms with Crippen LogP contribution >= 0.6 is 46.7 Å². The Balaban J connectivity index is 0.000000177.